The molecule has 0 atom stereocenters. The van der Waals surface area contributed by atoms with Crippen LogP contribution in [0.25, 0.3) is 0 Å². The van der Waals surface area contributed by atoms with Crippen LogP contribution in [-0.2, 0) is 16.4 Å². The topological polar surface area (TPSA) is 81.1 Å². The highest BCUT2D eigenvalue weighted by Gasteiger charge is 2.15. The second-order valence-corrected chi connectivity index (χ2v) is 8.08. The molecule has 3 rings (SSSR count). The minimum Gasteiger partial charge on any atom is -0.322 e. The Morgan fingerprint density at radius 2 is 1.92 bits per heavy atom. The summed E-state index contributed by atoms with van der Waals surface area (Å²) < 4.78 is 25.3. The average Bonchev–Trinajstić information content (AvgIpc) is 3.09. The molecular weight excluding hydrogens is 350 g/mol. The van der Waals surface area contributed by atoms with E-state index in [0.29, 0.717) is 23.4 Å². The van der Waals surface area contributed by atoms with Crippen LogP contribution < -0.4 is 5.32 Å². The van der Waals surface area contributed by atoms with Gasteiger partial charge in [-0.2, -0.15) is 5.10 Å². The molecule has 2 aromatic carbocycles. The molecule has 0 fully saturated rings. The van der Waals surface area contributed by atoms with Crippen LogP contribution in [0.4, 0.5) is 5.69 Å². The summed E-state index contributed by atoms with van der Waals surface area (Å²) in [4.78, 5) is 12.9. The summed E-state index contributed by atoms with van der Waals surface area (Å²) in [7, 11) is -3.38. The van der Waals surface area contributed by atoms with E-state index in [1.807, 2.05) is 36.5 Å². The molecule has 1 aromatic heterocycles. The summed E-state index contributed by atoms with van der Waals surface area (Å²) in [5.41, 5.74) is 2.61. The highest BCUT2D eigenvalue weighted by Crippen LogP contribution is 2.20. The predicted octanol–water partition coefficient (Wildman–Crippen LogP) is 2.90. The highest BCUT2D eigenvalue weighted by molar-refractivity contribution is 7.90. The van der Waals surface area contributed by atoms with Crippen molar-refractivity contribution in [1.82, 2.24) is 9.78 Å². The van der Waals surface area contributed by atoms with Gasteiger partial charge in [-0.25, -0.2) is 8.42 Å². The zero-order chi connectivity index (χ0) is 18.7. The van der Waals surface area contributed by atoms with Gasteiger partial charge in [-0.15, -0.1) is 0 Å². The van der Waals surface area contributed by atoms with Gasteiger partial charge in [0.15, 0.2) is 9.84 Å². The molecule has 7 heteroatoms. The van der Waals surface area contributed by atoms with E-state index in [4.69, 9.17) is 0 Å². The standard InChI is InChI=1S/C19H19N3O3S/c1-14-8-9-16(26(2,24)25)12-17(14)19(23)21-18-7-4-3-6-15(18)13-22-11-5-10-20-22/h3-12H,13H2,1-2H3,(H,21,23). The van der Waals surface area contributed by atoms with Crippen LogP contribution >= 0.6 is 0 Å². The summed E-state index contributed by atoms with van der Waals surface area (Å²) in [6.45, 7) is 2.29. The van der Waals surface area contributed by atoms with Crippen molar-refractivity contribution < 1.29 is 13.2 Å². The summed E-state index contributed by atoms with van der Waals surface area (Å²) in [5.74, 6) is -0.346. The number of anilines is 1. The zero-order valence-corrected chi connectivity index (χ0v) is 15.3. The smallest absolute Gasteiger partial charge is 0.255 e. The number of amides is 1. The maximum absolute atomic E-state index is 12.7. The van der Waals surface area contributed by atoms with Gasteiger partial charge < -0.3 is 5.32 Å². The van der Waals surface area contributed by atoms with Gasteiger partial charge in [-0.1, -0.05) is 24.3 Å². The van der Waals surface area contributed by atoms with E-state index < -0.39 is 9.84 Å². The molecule has 0 saturated carbocycles. The Morgan fingerprint density at radius 3 is 2.62 bits per heavy atom. The Kier molecular flexibility index (Phi) is 4.90. The lowest BCUT2D eigenvalue weighted by Gasteiger charge is -2.13. The van der Waals surface area contributed by atoms with Crippen LogP contribution in [0.15, 0.2) is 65.8 Å². The zero-order valence-electron chi connectivity index (χ0n) is 14.5. The van der Waals surface area contributed by atoms with Crippen LogP contribution in [0.5, 0.6) is 0 Å². The first kappa shape index (κ1) is 17.9. The molecule has 0 radical (unpaired) electrons. The lowest BCUT2D eigenvalue weighted by atomic mass is 10.1. The molecule has 6 nitrogen and oxygen atoms in total. The quantitative estimate of drug-likeness (QED) is 0.750. The van der Waals surface area contributed by atoms with Crippen LogP contribution in [0, 0.1) is 6.92 Å². The number of hydrogen-bond acceptors (Lipinski definition) is 4. The molecule has 0 aliphatic carbocycles. The molecule has 134 valence electrons. The SMILES string of the molecule is Cc1ccc(S(C)(=O)=O)cc1C(=O)Nc1ccccc1Cn1cccn1. The molecule has 1 heterocycles. The summed E-state index contributed by atoms with van der Waals surface area (Å²) in [6, 6.07) is 13.8. The lowest BCUT2D eigenvalue weighted by molar-refractivity contribution is 0.102. The van der Waals surface area contributed by atoms with Gasteiger partial charge in [-0.05, 0) is 42.3 Å². The molecule has 0 unspecified atom stereocenters. The third kappa shape index (κ3) is 4.00. The van der Waals surface area contributed by atoms with Crippen LogP contribution in [0.3, 0.4) is 0 Å². The van der Waals surface area contributed by atoms with Crippen molar-refractivity contribution >= 4 is 21.4 Å². The summed E-state index contributed by atoms with van der Waals surface area (Å²) in [6.07, 6.45) is 4.66. The summed E-state index contributed by atoms with van der Waals surface area (Å²) in [5, 5.41) is 7.06. The first-order valence-electron chi connectivity index (χ1n) is 8.02. The van der Waals surface area contributed by atoms with E-state index >= 15 is 0 Å². The van der Waals surface area contributed by atoms with Crippen molar-refractivity contribution in [2.24, 2.45) is 0 Å². The molecule has 1 N–H and O–H groups in total. The van der Waals surface area contributed by atoms with Gasteiger partial charge in [0.2, 0.25) is 0 Å². The molecule has 0 aliphatic rings. The fourth-order valence-corrected chi connectivity index (χ4v) is 3.26. The fraction of sp³-hybridized carbons (Fsp3) is 0.158. The van der Waals surface area contributed by atoms with Crippen molar-refractivity contribution in [3.8, 4) is 0 Å². The minimum absolute atomic E-state index is 0.123. The van der Waals surface area contributed by atoms with E-state index in [9.17, 15) is 13.2 Å². The highest BCUT2D eigenvalue weighted by atomic mass is 32.2. The molecule has 26 heavy (non-hydrogen) atoms. The number of hydrogen-bond donors (Lipinski definition) is 1. The molecule has 3 aromatic rings. The first-order valence-corrected chi connectivity index (χ1v) is 9.91. The number of carbonyl (C=O) groups is 1. The minimum atomic E-state index is -3.38. The number of nitrogens with zero attached hydrogens (tertiary/aromatic N) is 2. The molecule has 1 amide bonds. The summed E-state index contributed by atoms with van der Waals surface area (Å²) >= 11 is 0. The number of nitrogens with one attached hydrogen (secondary N) is 1. The number of aryl methyl sites for hydroxylation is 1. The normalized spacial score (nSPS) is 11.3. The van der Waals surface area contributed by atoms with Crippen molar-refractivity contribution in [2.75, 3.05) is 11.6 Å². The van der Waals surface area contributed by atoms with Crippen LogP contribution in [-0.4, -0.2) is 30.4 Å². The number of para-hydroxylation sites is 1. The van der Waals surface area contributed by atoms with Gasteiger partial charge in [0.1, 0.15) is 0 Å². The Balaban J connectivity index is 1.89. The third-order valence-corrected chi connectivity index (χ3v) is 5.15. The fourth-order valence-electron chi connectivity index (χ4n) is 2.61. The Hall–Kier alpha value is -2.93. The Bertz CT molecular complexity index is 1040. The Morgan fingerprint density at radius 1 is 1.15 bits per heavy atom. The second-order valence-electron chi connectivity index (χ2n) is 6.06. The van der Waals surface area contributed by atoms with E-state index in [1.165, 1.54) is 12.1 Å². The number of carbonyl (C=O) groups excluding carboxylic acids is 1. The molecule has 0 aliphatic heterocycles. The number of aromatic nitrogens is 2. The number of sulfone groups is 1. The van der Waals surface area contributed by atoms with E-state index in [-0.39, 0.29) is 10.8 Å². The molecular formula is C19H19N3O3S. The maximum atomic E-state index is 12.7. The van der Waals surface area contributed by atoms with Crippen molar-refractivity contribution in [3.63, 3.8) is 0 Å². The van der Waals surface area contributed by atoms with Gasteiger partial charge in [0.25, 0.3) is 5.91 Å². The predicted molar refractivity (Wildman–Crippen MR) is 100 cm³/mol. The largest absolute Gasteiger partial charge is 0.322 e. The monoisotopic (exact) mass is 369 g/mol. The average molecular weight is 369 g/mol. The lowest BCUT2D eigenvalue weighted by Crippen LogP contribution is -2.16. The van der Waals surface area contributed by atoms with Crippen molar-refractivity contribution in [2.45, 2.75) is 18.4 Å². The van der Waals surface area contributed by atoms with E-state index in [0.717, 1.165) is 11.8 Å². The Labute approximate surface area is 152 Å². The van der Waals surface area contributed by atoms with Gasteiger partial charge in [0.05, 0.1) is 11.4 Å². The maximum Gasteiger partial charge on any atom is 0.255 e. The first-order chi connectivity index (χ1) is 12.3. The number of benzene rings is 2. The third-order valence-electron chi connectivity index (χ3n) is 4.04. The van der Waals surface area contributed by atoms with Crippen LogP contribution in [0.2, 0.25) is 0 Å². The van der Waals surface area contributed by atoms with E-state index in [1.54, 1.807) is 23.9 Å². The number of rotatable bonds is 5. The molecule has 0 saturated heterocycles. The van der Waals surface area contributed by atoms with Gasteiger partial charge in [0, 0.05) is 29.9 Å². The van der Waals surface area contributed by atoms with Crippen LogP contribution in [0.1, 0.15) is 21.5 Å². The van der Waals surface area contributed by atoms with Crippen molar-refractivity contribution in [3.05, 3.63) is 77.6 Å². The second kappa shape index (κ2) is 7.13. The molecule has 0 spiro atoms. The van der Waals surface area contributed by atoms with Gasteiger partial charge in [-0.3, -0.25) is 9.48 Å². The molecule has 0 bridgehead atoms. The van der Waals surface area contributed by atoms with E-state index in [2.05, 4.69) is 10.4 Å². The van der Waals surface area contributed by atoms with Gasteiger partial charge >= 0.3 is 0 Å². The van der Waals surface area contributed by atoms with Crippen molar-refractivity contribution in [1.29, 1.82) is 0 Å².